The van der Waals surface area contributed by atoms with Crippen LogP contribution in [0.25, 0.3) is 0 Å². The summed E-state index contributed by atoms with van der Waals surface area (Å²) in [5, 5.41) is 3.56. The van der Waals surface area contributed by atoms with Crippen LogP contribution in [0.4, 0.5) is 0 Å². The predicted octanol–water partition coefficient (Wildman–Crippen LogP) is 4.34. The number of likely N-dealkylation sites (N-methyl/N-ethyl adjacent to an activating group) is 1. The standard InChI is InChI=1S/C18H29N/c1-14-5-7-15(8-6-14)13-17(19-4)16-9-11-18(2,3)12-10-16/h5-8,16-17,19H,9-13H2,1-4H3. The van der Waals surface area contributed by atoms with Gasteiger partial charge in [0.05, 0.1) is 0 Å². The average molecular weight is 259 g/mol. The monoisotopic (exact) mass is 259 g/mol. The van der Waals surface area contributed by atoms with Crippen LogP contribution in [0.2, 0.25) is 0 Å². The Bertz CT molecular complexity index is 381. The zero-order chi connectivity index (χ0) is 13.9. The molecule has 1 fully saturated rings. The minimum absolute atomic E-state index is 0.568. The van der Waals surface area contributed by atoms with E-state index in [4.69, 9.17) is 0 Å². The molecule has 0 aromatic heterocycles. The number of rotatable bonds is 4. The van der Waals surface area contributed by atoms with E-state index in [0.717, 1.165) is 5.92 Å². The molecule has 106 valence electrons. The van der Waals surface area contributed by atoms with Crippen LogP contribution in [0, 0.1) is 18.3 Å². The molecule has 0 spiro atoms. The van der Waals surface area contributed by atoms with E-state index >= 15 is 0 Å². The molecule has 1 N–H and O–H groups in total. The molecule has 0 radical (unpaired) electrons. The van der Waals surface area contributed by atoms with Crippen molar-refractivity contribution < 1.29 is 0 Å². The Hall–Kier alpha value is -0.820. The fourth-order valence-corrected chi connectivity index (χ4v) is 3.31. The summed E-state index contributed by atoms with van der Waals surface area (Å²) in [5.41, 5.74) is 3.39. The van der Waals surface area contributed by atoms with Crippen molar-refractivity contribution >= 4 is 0 Å². The summed E-state index contributed by atoms with van der Waals surface area (Å²) >= 11 is 0. The fourth-order valence-electron chi connectivity index (χ4n) is 3.31. The Morgan fingerprint density at radius 2 is 1.74 bits per heavy atom. The van der Waals surface area contributed by atoms with Crippen molar-refractivity contribution in [3.63, 3.8) is 0 Å². The topological polar surface area (TPSA) is 12.0 Å². The molecular formula is C18H29N. The van der Waals surface area contributed by atoms with Crippen LogP contribution < -0.4 is 5.32 Å². The van der Waals surface area contributed by atoms with Crippen molar-refractivity contribution in [2.75, 3.05) is 7.05 Å². The first-order valence-corrected chi connectivity index (χ1v) is 7.73. The minimum atomic E-state index is 0.568. The number of aryl methyl sites for hydroxylation is 1. The normalized spacial score (nSPS) is 21.3. The third-order valence-electron chi connectivity index (χ3n) is 4.90. The van der Waals surface area contributed by atoms with Gasteiger partial charge in [-0.25, -0.2) is 0 Å². The molecule has 0 amide bonds. The smallest absolute Gasteiger partial charge is 0.0133 e. The Morgan fingerprint density at radius 3 is 2.26 bits per heavy atom. The largest absolute Gasteiger partial charge is 0.316 e. The van der Waals surface area contributed by atoms with E-state index in [0.29, 0.717) is 11.5 Å². The van der Waals surface area contributed by atoms with Crippen molar-refractivity contribution in [2.45, 2.75) is 58.9 Å². The van der Waals surface area contributed by atoms with E-state index in [1.807, 2.05) is 0 Å². The number of benzene rings is 1. The number of nitrogens with one attached hydrogen (secondary N) is 1. The summed E-state index contributed by atoms with van der Waals surface area (Å²) in [7, 11) is 2.12. The molecule has 1 heteroatoms. The molecule has 0 saturated heterocycles. The van der Waals surface area contributed by atoms with Crippen molar-refractivity contribution in [3.8, 4) is 0 Å². The molecular weight excluding hydrogens is 230 g/mol. The van der Waals surface area contributed by atoms with Gasteiger partial charge in [0.1, 0.15) is 0 Å². The highest BCUT2D eigenvalue weighted by Crippen LogP contribution is 2.39. The fraction of sp³-hybridized carbons (Fsp3) is 0.667. The SMILES string of the molecule is CNC(Cc1ccc(C)cc1)C1CCC(C)(C)CC1. The summed E-state index contributed by atoms with van der Waals surface area (Å²) in [6.07, 6.45) is 6.68. The summed E-state index contributed by atoms with van der Waals surface area (Å²) in [4.78, 5) is 0. The van der Waals surface area contributed by atoms with Gasteiger partial charge in [-0.05, 0) is 63.0 Å². The second-order valence-corrected chi connectivity index (χ2v) is 7.09. The summed E-state index contributed by atoms with van der Waals surface area (Å²) in [6.45, 7) is 6.98. The first-order valence-electron chi connectivity index (χ1n) is 7.73. The first kappa shape index (κ1) is 14.6. The van der Waals surface area contributed by atoms with E-state index in [9.17, 15) is 0 Å². The number of hydrogen-bond acceptors (Lipinski definition) is 1. The van der Waals surface area contributed by atoms with Gasteiger partial charge in [0.15, 0.2) is 0 Å². The van der Waals surface area contributed by atoms with Gasteiger partial charge in [-0.1, -0.05) is 43.7 Å². The van der Waals surface area contributed by atoms with E-state index < -0.39 is 0 Å². The zero-order valence-corrected chi connectivity index (χ0v) is 13.0. The molecule has 1 aromatic rings. The molecule has 0 heterocycles. The van der Waals surface area contributed by atoms with Crippen LogP contribution in [0.3, 0.4) is 0 Å². The molecule has 1 aliphatic rings. The molecule has 1 aliphatic carbocycles. The van der Waals surface area contributed by atoms with Crippen molar-refractivity contribution in [1.82, 2.24) is 5.32 Å². The van der Waals surface area contributed by atoms with Gasteiger partial charge in [0, 0.05) is 6.04 Å². The van der Waals surface area contributed by atoms with E-state index in [2.05, 4.69) is 57.4 Å². The average Bonchev–Trinajstić information content (AvgIpc) is 2.39. The highest BCUT2D eigenvalue weighted by atomic mass is 14.9. The first-order chi connectivity index (χ1) is 9.00. The molecule has 1 atom stereocenters. The van der Waals surface area contributed by atoms with Crippen molar-refractivity contribution in [1.29, 1.82) is 0 Å². The molecule has 2 rings (SSSR count). The number of hydrogen-bond donors (Lipinski definition) is 1. The third kappa shape index (κ3) is 4.07. The molecule has 0 bridgehead atoms. The van der Waals surface area contributed by atoms with E-state index in [-0.39, 0.29) is 0 Å². The van der Waals surface area contributed by atoms with Crippen LogP contribution in [-0.2, 0) is 6.42 Å². The summed E-state index contributed by atoms with van der Waals surface area (Å²) in [5.74, 6) is 0.847. The van der Waals surface area contributed by atoms with Crippen molar-refractivity contribution in [3.05, 3.63) is 35.4 Å². The van der Waals surface area contributed by atoms with Gasteiger partial charge in [-0.3, -0.25) is 0 Å². The van der Waals surface area contributed by atoms with Gasteiger partial charge >= 0.3 is 0 Å². The quantitative estimate of drug-likeness (QED) is 0.848. The van der Waals surface area contributed by atoms with Gasteiger partial charge < -0.3 is 5.32 Å². The van der Waals surface area contributed by atoms with E-state index in [1.165, 1.54) is 43.2 Å². The highest BCUT2D eigenvalue weighted by molar-refractivity contribution is 5.22. The van der Waals surface area contributed by atoms with Crippen LogP contribution in [0.15, 0.2) is 24.3 Å². The van der Waals surface area contributed by atoms with Gasteiger partial charge in [0.2, 0.25) is 0 Å². The lowest BCUT2D eigenvalue weighted by Crippen LogP contribution is -2.38. The van der Waals surface area contributed by atoms with Crippen LogP contribution in [0.5, 0.6) is 0 Å². The molecule has 1 aromatic carbocycles. The lowest BCUT2D eigenvalue weighted by Gasteiger charge is -2.38. The van der Waals surface area contributed by atoms with Gasteiger partial charge in [-0.2, -0.15) is 0 Å². The Labute approximate surface area is 118 Å². The maximum atomic E-state index is 3.56. The van der Waals surface area contributed by atoms with Crippen LogP contribution in [-0.4, -0.2) is 13.1 Å². The lowest BCUT2D eigenvalue weighted by molar-refractivity contribution is 0.163. The minimum Gasteiger partial charge on any atom is -0.316 e. The van der Waals surface area contributed by atoms with Crippen LogP contribution >= 0.6 is 0 Å². The van der Waals surface area contributed by atoms with Gasteiger partial charge in [-0.15, -0.1) is 0 Å². The van der Waals surface area contributed by atoms with Gasteiger partial charge in [0.25, 0.3) is 0 Å². The van der Waals surface area contributed by atoms with Crippen LogP contribution in [0.1, 0.15) is 50.7 Å². The predicted molar refractivity (Wildman–Crippen MR) is 83.5 cm³/mol. The maximum absolute atomic E-state index is 3.56. The maximum Gasteiger partial charge on any atom is 0.0133 e. The Kier molecular flexibility index (Phi) is 4.67. The Balaban J connectivity index is 1.95. The second kappa shape index (κ2) is 6.09. The molecule has 1 saturated carbocycles. The molecule has 0 aliphatic heterocycles. The second-order valence-electron chi connectivity index (χ2n) is 7.09. The lowest BCUT2D eigenvalue weighted by atomic mass is 9.70. The molecule has 19 heavy (non-hydrogen) atoms. The highest BCUT2D eigenvalue weighted by Gasteiger charge is 2.30. The Morgan fingerprint density at radius 1 is 1.16 bits per heavy atom. The van der Waals surface area contributed by atoms with E-state index in [1.54, 1.807) is 0 Å². The summed E-state index contributed by atoms with van der Waals surface area (Å²) in [6, 6.07) is 9.66. The summed E-state index contributed by atoms with van der Waals surface area (Å²) < 4.78 is 0. The third-order valence-corrected chi connectivity index (χ3v) is 4.90. The molecule has 1 unspecified atom stereocenters. The van der Waals surface area contributed by atoms with Crippen molar-refractivity contribution in [2.24, 2.45) is 11.3 Å². The zero-order valence-electron chi connectivity index (χ0n) is 13.0. The molecule has 1 nitrogen and oxygen atoms in total.